The molecule has 0 spiro atoms. The maximum atomic E-state index is 12.2. The number of aliphatic carboxylic acids is 1. The van der Waals surface area contributed by atoms with E-state index in [1.165, 1.54) is 6.92 Å². The lowest BCUT2D eigenvalue weighted by Gasteiger charge is -2.21. The van der Waals surface area contributed by atoms with Crippen molar-refractivity contribution in [2.24, 2.45) is 11.5 Å². The smallest absolute Gasteiger partial charge is 0.325 e. The first-order valence-electron chi connectivity index (χ1n) is 7.62. The predicted octanol–water partition coefficient (Wildman–Crippen LogP) is -1.49. The zero-order valence-corrected chi connectivity index (χ0v) is 13.8. The van der Waals surface area contributed by atoms with E-state index in [-0.39, 0.29) is 6.42 Å². The van der Waals surface area contributed by atoms with Crippen LogP contribution in [0.4, 0.5) is 0 Å². The number of nitrogens with one attached hydrogen (secondary N) is 2. The van der Waals surface area contributed by atoms with Crippen molar-refractivity contribution in [2.45, 2.75) is 37.9 Å². The van der Waals surface area contributed by atoms with E-state index in [2.05, 4.69) is 10.6 Å². The second kappa shape index (κ2) is 9.38. The van der Waals surface area contributed by atoms with Crippen LogP contribution in [0.25, 0.3) is 0 Å². The van der Waals surface area contributed by atoms with Gasteiger partial charge in [0.15, 0.2) is 0 Å². The fraction of sp³-hybridized carbons (Fsp3) is 0.375. The summed E-state index contributed by atoms with van der Waals surface area (Å²) in [4.78, 5) is 46.2. The monoisotopic (exact) mass is 350 g/mol. The first-order valence-corrected chi connectivity index (χ1v) is 7.62. The molecular formula is C16H22N4O5. The van der Waals surface area contributed by atoms with E-state index in [1.807, 2.05) is 6.07 Å². The Bertz CT molecular complexity index is 635. The van der Waals surface area contributed by atoms with E-state index in [4.69, 9.17) is 16.6 Å². The maximum Gasteiger partial charge on any atom is 0.325 e. The Hall–Kier alpha value is -2.94. The number of hydrogen-bond donors (Lipinski definition) is 5. The third kappa shape index (κ3) is 7.00. The van der Waals surface area contributed by atoms with E-state index in [9.17, 15) is 19.2 Å². The van der Waals surface area contributed by atoms with Crippen LogP contribution in [0.5, 0.6) is 0 Å². The summed E-state index contributed by atoms with van der Waals surface area (Å²) in [6, 6.07) is 5.61. The van der Waals surface area contributed by atoms with Crippen molar-refractivity contribution in [1.82, 2.24) is 10.6 Å². The lowest BCUT2D eigenvalue weighted by molar-refractivity contribution is -0.141. The topological polar surface area (TPSA) is 165 Å². The second-order valence-corrected chi connectivity index (χ2v) is 5.60. The fourth-order valence-corrected chi connectivity index (χ4v) is 2.03. The molecular weight excluding hydrogens is 328 g/mol. The molecule has 9 heteroatoms. The maximum absolute atomic E-state index is 12.2. The van der Waals surface area contributed by atoms with Crippen LogP contribution in [0.2, 0.25) is 0 Å². The standard InChI is InChI=1S/C16H22N4O5/c1-9(16(24)25)19-15(23)12(8-13(18)21)20-14(22)11(17)7-10-5-3-2-4-6-10/h2-6,9,11-12H,7-8,17H2,1H3,(H2,18,21)(H,19,23)(H,20,22)(H,24,25). The molecule has 0 bridgehead atoms. The van der Waals surface area contributed by atoms with Crippen molar-refractivity contribution >= 4 is 23.7 Å². The van der Waals surface area contributed by atoms with Crippen molar-refractivity contribution in [3.05, 3.63) is 35.9 Å². The van der Waals surface area contributed by atoms with Crippen LogP contribution in [-0.4, -0.2) is 46.9 Å². The van der Waals surface area contributed by atoms with Gasteiger partial charge in [0.05, 0.1) is 12.5 Å². The Kier molecular flexibility index (Phi) is 7.54. The zero-order valence-electron chi connectivity index (χ0n) is 13.8. The van der Waals surface area contributed by atoms with E-state index in [1.54, 1.807) is 24.3 Å². The van der Waals surface area contributed by atoms with Crippen LogP contribution in [0, 0.1) is 0 Å². The molecule has 1 aromatic carbocycles. The average Bonchev–Trinajstić information content (AvgIpc) is 2.54. The molecule has 3 amide bonds. The van der Waals surface area contributed by atoms with Crippen LogP contribution in [0.3, 0.4) is 0 Å². The summed E-state index contributed by atoms with van der Waals surface area (Å²) >= 11 is 0. The van der Waals surface area contributed by atoms with Gasteiger partial charge in [-0.1, -0.05) is 30.3 Å². The van der Waals surface area contributed by atoms with Crippen LogP contribution in [0.1, 0.15) is 18.9 Å². The van der Waals surface area contributed by atoms with Gasteiger partial charge in [-0.3, -0.25) is 19.2 Å². The number of carbonyl (C=O) groups is 4. The number of rotatable bonds is 9. The SMILES string of the molecule is CC(NC(=O)C(CC(N)=O)NC(=O)C(N)Cc1ccccc1)C(=O)O. The summed E-state index contributed by atoms with van der Waals surface area (Å²) in [7, 11) is 0. The fourth-order valence-electron chi connectivity index (χ4n) is 2.03. The molecule has 0 aliphatic heterocycles. The Morgan fingerprint density at radius 3 is 2.20 bits per heavy atom. The number of hydrogen-bond acceptors (Lipinski definition) is 5. The zero-order chi connectivity index (χ0) is 19.0. The van der Waals surface area contributed by atoms with E-state index < -0.39 is 48.2 Å². The Morgan fingerprint density at radius 1 is 1.08 bits per heavy atom. The molecule has 3 atom stereocenters. The minimum absolute atomic E-state index is 0.239. The Labute approximate surface area is 144 Å². The normalized spacial score (nSPS) is 14.0. The largest absolute Gasteiger partial charge is 0.480 e. The van der Waals surface area contributed by atoms with Gasteiger partial charge >= 0.3 is 5.97 Å². The quantitative estimate of drug-likeness (QED) is 0.364. The van der Waals surface area contributed by atoms with Crippen molar-refractivity contribution in [1.29, 1.82) is 0 Å². The number of benzene rings is 1. The molecule has 0 aromatic heterocycles. The lowest BCUT2D eigenvalue weighted by atomic mass is 10.1. The van der Waals surface area contributed by atoms with Crippen molar-refractivity contribution in [3.8, 4) is 0 Å². The minimum Gasteiger partial charge on any atom is -0.480 e. The molecule has 0 radical (unpaired) electrons. The van der Waals surface area contributed by atoms with Gasteiger partial charge in [-0.15, -0.1) is 0 Å². The summed E-state index contributed by atoms with van der Waals surface area (Å²) in [6.07, 6.45) is -0.231. The summed E-state index contributed by atoms with van der Waals surface area (Å²) < 4.78 is 0. The number of nitrogens with two attached hydrogens (primary N) is 2. The van der Waals surface area contributed by atoms with E-state index in [0.717, 1.165) is 5.56 Å². The van der Waals surface area contributed by atoms with Gasteiger partial charge in [0.1, 0.15) is 12.1 Å². The highest BCUT2D eigenvalue weighted by molar-refractivity contribution is 5.94. The molecule has 1 aromatic rings. The first kappa shape index (κ1) is 20.1. The van der Waals surface area contributed by atoms with Gasteiger partial charge in [0.2, 0.25) is 17.7 Å². The Balaban J connectivity index is 2.72. The molecule has 7 N–H and O–H groups in total. The van der Waals surface area contributed by atoms with Gasteiger partial charge in [-0.05, 0) is 18.9 Å². The highest BCUT2D eigenvalue weighted by Gasteiger charge is 2.27. The molecule has 3 unspecified atom stereocenters. The summed E-state index contributed by atoms with van der Waals surface area (Å²) in [5.74, 6) is -3.54. The van der Waals surface area contributed by atoms with Crippen LogP contribution < -0.4 is 22.1 Å². The third-order valence-corrected chi connectivity index (χ3v) is 3.40. The highest BCUT2D eigenvalue weighted by Crippen LogP contribution is 2.03. The number of amides is 3. The summed E-state index contributed by atoms with van der Waals surface area (Å²) in [5, 5.41) is 13.3. The van der Waals surface area contributed by atoms with Crippen LogP contribution >= 0.6 is 0 Å². The van der Waals surface area contributed by atoms with Crippen molar-refractivity contribution in [2.75, 3.05) is 0 Å². The number of carboxylic acid groups (broad SMARTS) is 1. The second-order valence-electron chi connectivity index (χ2n) is 5.60. The van der Waals surface area contributed by atoms with Crippen molar-refractivity contribution in [3.63, 3.8) is 0 Å². The highest BCUT2D eigenvalue weighted by atomic mass is 16.4. The lowest BCUT2D eigenvalue weighted by Crippen LogP contribution is -2.55. The van der Waals surface area contributed by atoms with Gasteiger partial charge in [0.25, 0.3) is 0 Å². The molecule has 1 rings (SSSR count). The number of carbonyl (C=O) groups excluding carboxylic acids is 3. The molecule has 9 nitrogen and oxygen atoms in total. The van der Waals surface area contributed by atoms with Gasteiger partial charge in [-0.2, -0.15) is 0 Å². The van der Waals surface area contributed by atoms with E-state index >= 15 is 0 Å². The summed E-state index contributed by atoms with van der Waals surface area (Å²) in [5.41, 5.74) is 11.7. The van der Waals surface area contributed by atoms with Crippen LogP contribution in [0.15, 0.2) is 30.3 Å². The average molecular weight is 350 g/mol. The van der Waals surface area contributed by atoms with Gasteiger partial charge in [-0.25, -0.2) is 0 Å². The minimum atomic E-state index is -1.30. The molecule has 0 heterocycles. The third-order valence-electron chi connectivity index (χ3n) is 3.40. The van der Waals surface area contributed by atoms with Gasteiger partial charge in [0, 0.05) is 0 Å². The Morgan fingerprint density at radius 2 is 1.68 bits per heavy atom. The number of primary amides is 1. The molecule has 0 fully saturated rings. The van der Waals surface area contributed by atoms with E-state index in [0.29, 0.717) is 0 Å². The molecule has 0 saturated carbocycles. The first-order chi connectivity index (χ1) is 11.7. The molecule has 0 aliphatic carbocycles. The predicted molar refractivity (Wildman–Crippen MR) is 89.1 cm³/mol. The van der Waals surface area contributed by atoms with Crippen LogP contribution in [-0.2, 0) is 25.6 Å². The van der Waals surface area contributed by atoms with Gasteiger partial charge < -0.3 is 27.2 Å². The number of carboxylic acids is 1. The molecule has 25 heavy (non-hydrogen) atoms. The molecule has 136 valence electrons. The molecule has 0 saturated heterocycles. The molecule has 0 aliphatic rings. The summed E-state index contributed by atoms with van der Waals surface area (Å²) in [6.45, 7) is 1.25. The van der Waals surface area contributed by atoms with Crippen molar-refractivity contribution < 1.29 is 24.3 Å².